The molecule has 0 aliphatic heterocycles. The van der Waals surface area contributed by atoms with Gasteiger partial charge in [-0.1, -0.05) is 27.7 Å². The van der Waals surface area contributed by atoms with Crippen LogP contribution in [0.1, 0.15) is 40.5 Å². The Kier molecular flexibility index (Phi) is 12.2. The molecule has 0 rings (SSSR count). The molecule has 0 fully saturated rings. The Balaban J connectivity index is 0. The fourth-order valence-corrected chi connectivity index (χ4v) is 0.994. The Morgan fingerprint density at radius 1 is 0.929 bits per heavy atom. The minimum Gasteiger partial charge on any atom is -0.394 e. The molecule has 0 aromatic rings. The summed E-state index contributed by atoms with van der Waals surface area (Å²) in [4.78, 5) is 11.1. The van der Waals surface area contributed by atoms with Crippen molar-refractivity contribution in [2.75, 3.05) is 13.2 Å². The molecule has 0 saturated heterocycles. The van der Waals surface area contributed by atoms with Gasteiger partial charge in [0.2, 0.25) is 0 Å². The molecule has 0 amide bonds. The number of carbonyl (C=O) groups is 1. The highest BCUT2D eigenvalue weighted by atomic mass is 16.3. The monoisotopic (exact) mass is 204 g/mol. The molecular weight excluding hydrogens is 180 g/mol. The summed E-state index contributed by atoms with van der Waals surface area (Å²) in [5, 5.41) is 15.2. The summed E-state index contributed by atoms with van der Waals surface area (Å²) in [6.07, 6.45) is 1.50. The van der Waals surface area contributed by atoms with Crippen molar-refractivity contribution in [2.24, 2.45) is 11.8 Å². The summed E-state index contributed by atoms with van der Waals surface area (Å²) < 4.78 is 0. The minimum absolute atomic E-state index is 0.125. The summed E-state index contributed by atoms with van der Waals surface area (Å²) in [7, 11) is 0. The Labute approximate surface area is 87.1 Å². The maximum Gasteiger partial charge on any atom is 0.133 e. The third-order valence-electron chi connectivity index (χ3n) is 1.37. The molecule has 0 heterocycles. The summed E-state index contributed by atoms with van der Waals surface area (Å²) in [5.74, 6) is 1.45. The highest BCUT2D eigenvalue weighted by Crippen LogP contribution is 2.07. The van der Waals surface area contributed by atoms with Crippen LogP contribution >= 0.6 is 0 Å². The van der Waals surface area contributed by atoms with Gasteiger partial charge in [0, 0.05) is 12.8 Å². The maximum absolute atomic E-state index is 11.1. The van der Waals surface area contributed by atoms with Crippen LogP contribution in [0.25, 0.3) is 0 Å². The summed E-state index contributed by atoms with van der Waals surface area (Å²) in [5.41, 5.74) is 0. The lowest BCUT2D eigenvalue weighted by Gasteiger charge is -2.05. The Morgan fingerprint density at radius 2 is 1.21 bits per heavy atom. The highest BCUT2D eigenvalue weighted by Gasteiger charge is 2.06. The third-order valence-corrected chi connectivity index (χ3v) is 1.37. The van der Waals surface area contributed by atoms with Gasteiger partial charge >= 0.3 is 0 Å². The van der Waals surface area contributed by atoms with Crippen molar-refractivity contribution in [2.45, 2.75) is 40.5 Å². The number of carbonyl (C=O) groups excluding carboxylic acids is 1. The van der Waals surface area contributed by atoms with Crippen molar-refractivity contribution >= 4 is 5.78 Å². The first kappa shape index (κ1) is 16.0. The molecule has 0 saturated carbocycles. The van der Waals surface area contributed by atoms with Gasteiger partial charge in [0.05, 0.1) is 13.2 Å². The van der Waals surface area contributed by atoms with Gasteiger partial charge in [0.15, 0.2) is 0 Å². The van der Waals surface area contributed by atoms with E-state index in [2.05, 4.69) is 27.7 Å². The second-order valence-electron chi connectivity index (χ2n) is 4.18. The predicted octanol–water partition coefficient (Wildman–Crippen LogP) is 1.62. The molecule has 0 aliphatic rings. The number of ketones is 1. The fourth-order valence-electron chi connectivity index (χ4n) is 0.994. The van der Waals surface area contributed by atoms with Crippen molar-refractivity contribution in [3.63, 3.8) is 0 Å². The molecule has 3 nitrogen and oxygen atoms in total. The smallest absolute Gasteiger partial charge is 0.133 e. The van der Waals surface area contributed by atoms with Crippen molar-refractivity contribution in [3.05, 3.63) is 0 Å². The molecule has 0 atom stereocenters. The van der Waals surface area contributed by atoms with Crippen LogP contribution in [-0.4, -0.2) is 29.2 Å². The van der Waals surface area contributed by atoms with Gasteiger partial charge in [-0.05, 0) is 11.8 Å². The van der Waals surface area contributed by atoms with E-state index in [-0.39, 0.29) is 13.2 Å². The molecule has 0 aromatic carbocycles. The fraction of sp³-hybridized carbons (Fsp3) is 0.909. The third kappa shape index (κ3) is 17.6. The normalized spacial score (nSPS) is 10.0. The standard InChI is InChI=1S/C9H18O.C2H6O2/c1-7(2)5-9(10)6-8(3)4;3-1-2-4/h7-8H,5-6H2,1-4H3;3-4H,1-2H2. The van der Waals surface area contributed by atoms with Crippen molar-refractivity contribution in [1.29, 1.82) is 0 Å². The van der Waals surface area contributed by atoms with Gasteiger partial charge in [0.25, 0.3) is 0 Å². The van der Waals surface area contributed by atoms with Crippen LogP contribution in [-0.2, 0) is 4.79 Å². The van der Waals surface area contributed by atoms with Crippen LogP contribution < -0.4 is 0 Å². The number of rotatable bonds is 5. The molecule has 0 aliphatic carbocycles. The van der Waals surface area contributed by atoms with E-state index in [1.165, 1.54) is 0 Å². The predicted molar refractivity (Wildman–Crippen MR) is 58.1 cm³/mol. The van der Waals surface area contributed by atoms with Crippen molar-refractivity contribution in [1.82, 2.24) is 0 Å². The molecule has 0 spiro atoms. The first-order valence-electron chi connectivity index (χ1n) is 5.17. The Morgan fingerprint density at radius 3 is 1.36 bits per heavy atom. The summed E-state index contributed by atoms with van der Waals surface area (Å²) in [6.45, 7) is 8.08. The molecule has 2 N–H and O–H groups in total. The largest absolute Gasteiger partial charge is 0.394 e. The highest BCUT2D eigenvalue weighted by molar-refractivity contribution is 5.78. The van der Waals surface area contributed by atoms with E-state index in [9.17, 15) is 4.79 Å². The summed E-state index contributed by atoms with van der Waals surface area (Å²) >= 11 is 0. The topological polar surface area (TPSA) is 57.5 Å². The minimum atomic E-state index is -0.125. The molecule has 3 heteroatoms. The number of aliphatic hydroxyl groups is 2. The second kappa shape index (κ2) is 10.7. The first-order chi connectivity index (χ1) is 6.43. The average Bonchev–Trinajstić information content (AvgIpc) is 2.01. The SMILES string of the molecule is CC(C)CC(=O)CC(C)C.OCCO. The maximum atomic E-state index is 11.1. The number of Topliss-reactive ketones (excluding diaryl/α,β-unsaturated/α-hetero) is 1. The van der Waals surface area contributed by atoms with Crippen molar-refractivity contribution in [3.8, 4) is 0 Å². The van der Waals surface area contributed by atoms with Crippen LogP contribution in [0.4, 0.5) is 0 Å². The van der Waals surface area contributed by atoms with Crippen LogP contribution in [0.3, 0.4) is 0 Å². The van der Waals surface area contributed by atoms with E-state index in [0.29, 0.717) is 17.6 Å². The zero-order valence-electron chi connectivity index (χ0n) is 9.79. The van der Waals surface area contributed by atoms with E-state index in [0.717, 1.165) is 12.8 Å². The van der Waals surface area contributed by atoms with Gasteiger partial charge in [0.1, 0.15) is 5.78 Å². The van der Waals surface area contributed by atoms with Gasteiger partial charge in [-0.15, -0.1) is 0 Å². The van der Waals surface area contributed by atoms with Crippen molar-refractivity contribution < 1.29 is 15.0 Å². The lowest BCUT2D eigenvalue weighted by Crippen LogP contribution is -2.05. The molecule has 0 bridgehead atoms. The van der Waals surface area contributed by atoms with Gasteiger partial charge in [-0.2, -0.15) is 0 Å². The zero-order valence-corrected chi connectivity index (χ0v) is 9.79. The van der Waals surface area contributed by atoms with E-state index in [1.54, 1.807) is 0 Å². The molecule has 14 heavy (non-hydrogen) atoms. The molecule has 0 aromatic heterocycles. The van der Waals surface area contributed by atoms with Gasteiger partial charge in [-0.25, -0.2) is 0 Å². The van der Waals surface area contributed by atoms with E-state index >= 15 is 0 Å². The molecule has 0 unspecified atom stereocenters. The van der Waals surface area contributed by atoms with E-state index < -0.39 is 0 Å². The van der Waals surface area contributed by atoms with E-state index in [1.807, 2.05) is 0 Å². The first-order valence-corrected chi connectivity index (χ1v) is 5.17. The molecular formula is C11H24O3. The Hall–Kier alpha value is -0.410. The molecule has 86 valence electrons. The van der Waals surface area contributed by atoms with Crippen LogP contribution in [0.2, 0.25) is 0 Å². The number of hydrogen-bond acceptors (Lipinski definition) is 3. The van der Waals surface area contributed by atoms with Crippen LogP contribution in [0, 0.1) is 11.8 Å². The number of aliphatic hydroxyl groups excluding tert-OH is 2. The lowest BCUT2D eigenvalue weighted by molar-refractivity contribution is -0.120. The number of hydrogen-bond donors (Lipinski definition) is 2. The van der Waals surface area contributed by atoms with Gasteiger partial charge < -0.3 is 10.2 Å². The van der Waals surface area contributed by atoms with Crippen LogP contribution in [0.5, 0.6) is 0 Å². The lowest BCUT2D eigenvalue weighted by atomic mass is 10.00. The van der Waals surface area contributed by atoms with E-state index in [4.69, 9.17) is 10.2 Å². The zero-order chi connectivity index (χ0) is 11.6. The van der Waals surface area contributed by atoms with Crippen LogP contribution in [0.15, 0.2) is 0 Å². The average molecular weight is 204 g/mol. The Bertz CT molecular complexity index is 116. The summed E-state index contributed by atoms with van der Waals surface area (Å²) in [6, 6.07) is 0. The second-order valence-corrected chi connectivity index (χ2v) is 4.18. The quantitative estimate of drug-likeness (QED) is 0.715. The molecule has 0 radical (unpaired) electrons. The van der Waals surface area contributed by atoms with Gasteiger partial charge in [-0.3, -0.25) is 4.79 Å².